The number of carbonyl (C=O) groups excluding carboxylic acids is 2. The zero-order chi connectivity index (χ0) is 42.6. The van der Waals surface area contributed by atoms with Crippen LogP contribution in [0.15, 0.2) is 24.3 Å². The van der Waals surface area contributed by atoms with E-state index in [-0.39, 0.29) is 19.4 Å². The Kier molecular flexibility index (Phi) is 42.4. The number of unbranched alkanes of at least 4 members (excludes halogenated alkanes) is 27. The SMILES string of the molecule is CCCCC/C=C\CCCCCCCC(=O)OCC(COP(=O)(O)OCC(O)CO)OC(=O)CCCCCCCCCCCCC/C=C\CCCCCCCCCC. The molecule has 342 valence electrons. The first-order chi connectivity index (χ1) is 28.2. The third-order valence-corrected chi connectivity index (χ3v) is 11.3. The van der Waals surface area contributed by atoms with Crippen LogP contribution in [-0.4, -0.2) is 65.7 Å². The fourth-order valence-corrected chi connectivity index (χ4v) is 7.42. The van der Waals surface area contributed by atoms with Crippen LogP contribution in [0.4, 0.5) is 0 Å². The first-order valence-electron chi connectivity index (χ1n) is 23.8. The van der Waals surface area contributed by atoms with E-state index in [1.165, 1.54) is 128 Å². The third-order valence-electron chi connectivity index (χ3n) is 10.3. The normalized spacial score (nSPS) is 13.9. The maximum absolute atomic E-state index is 12.6. The zero-order valence-corrected chi connectivity index (χ0v) is 38.2. The zero-order valence-electron chi connectivity index (χ0n) is 37.3. The Bertz CT molecular complexity index is 1020. The van der Waals surface area contributed by atoms with Gasteiger partial charge >= 0.3 is 19.8 Å². The molecule has 0 heterocycles. The lowest BCUT2D eigenvalue weighted by Crippen LogP contribution is -2.29. The molecule has 10 nitrogen and oxygen atoms in total. The lowest BCUT2D eigenvalue weighted by atomic mass is 10.0. The highest BCUT2D eigenvalue weighted by Gasteiger charge is 2.27. The number of rotatable bonds is 45. The van der Waals surface area contributed by atoms with Gasteiger partial charge in [0.05, 0.1) is 19.8 Å². The number of aliphatic hydroxyl groups is 2. The molecule has 3 atom stereocenters. The molecule has 0 fully saturated rings. The van der Waals surface area contributed by atoms with E-state index in [1.54, 1.807) is 0 Å². The Morgan fingerprint density at radius 1 is 0.500 bits per heavy atom. The number of esters is 2. The summed E-state index contributed by atoms with van der Waals surface area (Å²) in [6.07, 6.45) is 44.4. The van der Waals surface area contributed by atoms with E-state index in [9.17, 15) is 24.2 Å². The van der Waals surface area contributed by atoms with Crippen molar-refractivity contribution in [2.75, 3.05) is 26.4 Å². The molecule has 0 rings (SSSR count). The molecule has 0 saturated carbocycles. The maximum atomic E-state index is 12.6. The molecule has 0 aliphatic heterocycles. The van der Waals surface area contributed by atoms with Crippen molar-refractivity contribution in [3.05, 3.63) is 24.3 Å². The molecule has 0 aliphatic carbocycles. The van der Waals surface area contributed by atoms with Gasteiger partial charge in [0.15, 0.2) is 6.10 Å². The molecule has 0 bridgehead atoms. The monoisotopic (exact) mass is 845 g/mol. The van der Waals surface area contributed by atoms with Crippen LogP contribution in [0, 0.1) is 0 Å². The van der Waals surface area contributed by atoms with Gasteiger partial charge in [0, 0.05) is 12.8 Å². The average Bonchev–Trinajstić information content (AvgIpc) is 3.21. The van der Waals surface area contributed by atoms with Crippen LogP contribution in [0.2, 0.25) is 0 Å². The molecule has 0 aromatic heterocycles. The predicted molar refractivity (Wildman–Crippen MR) is 238 cm³/mol. The minimum absolute atomic E-state index is 0.184. The van der Waals surface area contributed by atoms with Crippen LogP contribution >= 0.6 is 7.82 Å². The van der Waals surface area contributed by atoms with Gasteiger partial charge in [0.25, 0.3) is 0 Å². The molecular formula is C47H89O10P. The van der Waals surface area contributed by atoms with Crippen molar-refractivity contribution >= 4 is 19.8 Å². The number of carbonyl (C=O) groups is 2. The van der Waals surface area contributed by atoms with Crippen molar-refractivity contribution in [2.24, 2.45) is 0 Å². The van der Waals surface area contributed by atoms with Crippen LogP contribution < -0.4 is 0 Å². The Hall–Kier alpha value is -1.55. The van der Waals surface area contributed by atoms with E-state index in [4.69, 9.17) is 23.6 Å². The van der Waals surface area contributed by atoms with Gasteiger partial charge in [0.2, 0.25) is 0 Å². The molecule has 0 spiro atoms. The van der Waals surface area contributed by atoms with Gasteiger partial charge in [-0.15, -0.1) is 0 Å². The second-order valence-corrected chi connectivity index (χ2v) is 17.6. The lowest BCUT2D eigenvalue weighted by molar-refractivity contribution is -0.161. The van der Waals surface area contributed by atoms with Gasteiger partial charge in [-0.25, -0.2) is 4.57 Å². The van der Waals surface area contributed by atoms with Gasteiger partial charge in [-0.2, -0.15) is 0 Å². The number of hydrogen-bond donors (Lipinski definition) is 3. The van der Waals surface area contributed by atoms with Crippen molar-refractivity contribution in [2.45, 2.75) is 238 Å². The van der Waals surface area contributed by atoms with Crippen LogP contribution in [0.5, 0.6) is 0 Å². The summed E-state index contributed by atoms with van der Waals surface area (Å²) in [5.41, 5.74) is 0. The summed E-state index contributed by atoms with van der Waals surface area (Å²) in [6.45, 7) is 2.37. The van der Waals surface area contributed by atoms with E-state index < -0.39 is 51.8 Å². The summed E-state index contributed by atoms with van der Waals surface area (Å²) < 4.78 is 32.7. The summed E-state index contributed by atoms with van der Waals surface area (Å²) >= 11 is 0. The summed E-state index contributed by atoms with van der Waals surface area (Å²) in [6, 6.07) is 0. The fraction of sp³-hybridized carbons (Fsp3) is 0.872. The Morgan fingerprint density at radius 3 is 1.28 bits per heavy atom. The van der Waals surface area contributed by atoms with E-state index in [2.05, 4.69) is 38.2 Å². The van der Waals surface area contributed by atoms with Crippen LogP contribution in [0.25, 0.3) is 0 Å². The molecule has 0 saturated heterocycles. The predicted octanol–water partition coefficient (Wildman–Crippen LogP) is 13.0. The molecule has 0 radical (unpaired) electrons. The standard InChI is InChI=1S/C47H89O10P/c1-3-5-7-9-11-13-15-17-18-19-20-21-22-23-24-25-26-27-29-31-33-35-37-39-47(51)57-45(43-56-58(52,53)55-41-44(49)40-48)42-54-46(50)38-36-34-32-30-28-16-14-12-10-8-6-4-2/h12,14,19-20,44-45,48-49H,3-11,13,15-18,21-43H2,1-2H3,(H,52,53)/b14-12-,20-19-. The Labute approximate surface area is 355 Å². The highest BCUT2D eigenvalue weighted by Crippen LogP contribution is 2.43. The average molecular weight is 845 g/mol. The number of ether oxygens (including phenoxy) is 2. The molecule has 0 aliphatic rings. The van der Waals surface area contributed by atoms with E-state index in [0.717, 1.165) is 57.8 Å². The van der Waals surface area contributed by atoms with Gasteiger partial charge in [-0.3, -0.25) is 18.6 Å². The second-order valence-electron chi connectivity index (χ2n) is 16.1. The van der Waals surface area contributed by atoms with Crippen molar-refractivity contribution in [3.63, 3.8) is 0 Å². The molecule has 3 unspecified atom stereocenters. The topological polar surface area (TPSA) is 149 Å². The number of phosphoric ester groups is 1. The van der Waals surface area contributed by atoms with Crippen LogP contribution in [-0.2, 0) is 32.7 Å². The first-order valence-corrected chi connectivity index (χ1v) is 25.3. The van der Waals surface area contributed by atoms with E-state index >= 15 is 0 Å². The Balaban J connectivity index is 4.15. The largest absolute Gasteiger partial charge is 0.472 e. The second kappa shape index (κ2) is 43.5. The van der Waals surface area contributed by atoms with Gasteiger partial charge in [-0.05, 0) is 64.2 Å². The smallest absolute Gasteiger partial charge is 0.462 e. The lowest BCUT2D eigenvalue weighted by Gasteiger charge is -2.20. The summed E-state index contributed by atoms with van der Waals surface area (Å²) in [4.78, 5) is 35.0. The van der Waals surface area contributed by atoms with E-state index in [1.807, 2.05) is 0 Å². The molecule has 0 amide bonds. The molecule has 3 N–H and O–H groups in total. The number of allylic oxidation sites excluding steroid dienone is 4. The number of aliphatic hydroxyl groups excluding tert-OH is 2. The number of phosphoric acid groups is 1. The summed E-state index contributed by atoms with van der Waals surface area (Å²) in [5, 5.41) is 18.3. The fourth-order valence-electron chi connectivity index (χ4n) is 6.63. The maximum Gasteiger partial charge on any atom is 0.472 e. The third kappa shape index (κ3) is 42.6. The highest BCUT2D eigenvalue weighted by atomic mass is 31.2. The van der Waals surface area contributed by atoms with Gasteiger partial charge < -0.3 is 24.6 Å². The Morgan fingerprint density at radius 2 is 0.845 bits per heavy atom. The van der Waals surface area contributed by atoms with Crippen LogP contribution in [0.1, 0.15) is 226 Å². The number of hydrogen-bond acceptors (Lipinski definition) is 9. The van der Waals surface area contributed by atoms with Gasteiger partial charge in [-0.1, -0.05) is 173 Å². The van der Waals surface area contributed by atoms with Gasteiger partial charge in [0.1, 0.15) is 12.7 Å². The molecule has 11 heteroatoms. The van der Waals surface area contributed by atoms with Crippen molar-refractivity contribution in [3.8, 4) is 0 Å². The molecule has 0 aromatic rings. The summed E-state index contributed by atoms with van der Waals surface area (Å²) in [7, 11) is -4.62. The minimum atomic E-state index is -4.62. The summed E-state index contributed by atoms with van der Waals surface area (Å²) in [5.74, 6) is -0.929. The van der Waals surface area contributed by atoms with E-state index in [0.29, 0.717) is 12.8 Å². The van der Waals surface area contributed by atoms with Crippen molar-refractivity contribution in [1.29, 1.82) is 0 Å². The molecule has 58 heavy (non-hydrogen) atoms. The van der Waals surface area contributed by atoms with Crippen LogP contribution in [0.3, 0.4) is 0 Å². The van der Waals surface area contributed by atoms with Crippen molar-refractivity contribution < 1.29 is 47.8 Å². The first kappa shape index (κ1) is 56.5. The van der Waals surface area contributed by atoms with Crippen molar-refractivity contribution in [1.82, 2.24) is 0 Å². The minimum Gasteiger partial charge on any atom is -0.462 e. The molecular weight excluding hydrogens is 755 g/mol. The quantitative estimate of drug-likeness (QED) is 0.0234. The molecule has 0 aromatic carbocycles. The highest BCUT2D eigenvalue weighted by molar-refractivity contribution is 7.47.